The average Bonchev–Trinajstić information content (AvgIpc) is 2.85. The highest BCUT2D eigenvalue weighted by molar-refractivity contribution is 7.10. The van der Waals surface area contributed by atoms with Gasteiger partial charge in [-0.1, -0.05) is 19.9 Å². The van der Waals surface area contributed by atoms with Crippen molar-refractivity contribution in [1.29, 1.82) is 0 Å². The lowest BCUT2D eigenvalue weighted by molar-refractivity contribution is 0.519. The molecule has 3 nitrogen and oxygen atoms in total. The van der Waals surface area contributed by atoms with Crippen molar-refractivity contribution in [2.75, 3.05) is 13.1 Å². The number of aliphatic imine (C=N–C) groups is 1. The molecule has 0 amide bonds. The topological polar surface area (TPSA) is 36.4 Å². The number of nitrogens with zero attached hydrogens (tertiary/aromatic N) is 1. The quantitative estimate of drug-likeness (QED) is 0.843. The molecule has 0 aliphatic carbocycles. The van der Waals surface area contributed by atoms with Gasteiger partial charge in [0.15, 0.2) is 5.96 Å². The maximum atomic E-state index is 4.40. The molecular formula is C12H19N3S. The molecule has 1 aliphatic heterocycles. The fraction of sp³-hybridized carbons (Fsp3) is 0.583. The van der Waals surface area contributed by atoms with Crippen molar-refractivity contribution in [2.45, 2.75) is 32.2 Å². The van der Waals surface area contributed by atoms with Crippen molar-refractivity contribution in [3.63, 3.8) is 0 Å². The van der Waals surface area contributed by atoms with Crippen molar-refractivity contribution in [2.24, 2.45) is 4.99 Å². The summed E-state index contributed by atoms with van der Waals surface area (Å²) < 4.78 is 0. The van der Waals surface area contributed by atoms with E-state index in [1.54, 1.807) is 0 Å². The van der Waals surface area contributed by atoms with Gasteiger partial charge in [0.2, 0.25) is 0 Å². The Kier molecular flexibility index (Phi) is 3.19. The SMILES string of the molecule is CC1CN=C(NCC(C)(C)c2cccs2)N1. The van der Waals surface area contributed by atoms with Gasteiger partial charge in [-0.05, 0) is 18.4 Å². The summed E-state index contributed by atoms with van der Waals surface area (Å²) in [7, 11) is 0. The number of rotatable bonds is 3. The van der Waals surface area contributed by atoms with Crippen LogP contribution in [0.15, 0.2) is 22.5 Å². The van der Waals surface area contributed by atoms with Crippen molar-refractivity contribution in [3.05, 3.63) is 22.4 Å². The minimum atomic E-state index is 0.157. The zero-order valence-corrected chi connectivity index (χ0v) is 10.9. The van der Waals surface area contributed by atoms with E-state index < -0.39 is 0 Å². The molecule has 0 spiro atoms. The molecule has 2 N–H and O–H groups in total. The number of guanidine groups is 1. The first kappa shape index (κ1) is 11.5. The Morgan fingerprint density at radius 3 is 3.00 bits per heavy atom. The molecule has 4 heteroatoms. The predicted molar refractivity (Wildman–Crippen MR) is 70.2 cm³/mol. The summed E-state index contributed by atoms with van der Waals surface area (Å²) in [6.07, 6.45) is 0. The molecule has 2 rings (SSSR count). The van der Waals surface area contributed by atoms with Crippen LogP contribution >= 0.6 is 11.3 Å². The first-order valence-electron chi connectivity index (χ1n) is 5.67. The third-order valence-corrected chi connectivity index (χ3v) is 4.03. The third kappa shape index (κ3) is 2.55. The van der Waals surface area contributed by atoms with Crippen molar-refractivity contribution >= 4 is 17.3 Å². The standard InChI is InChI=1S/C12H19N3S/c1-9-7-13-11(15-9)14-8-12(2,3)10-5-4-6-16-10/h4-6,9H,7-8H2,1-3H3,(H2,13,14,15). The second kappa shape index (κ2) is 4.45. The highest BCUT2D eigenvalue weighted by Crippen LogP contribution is 2.26. The van der Waals surface area contributed by atoms with E-state index in [0.717, 1.165) is 19.0 Å². The minimum absolute atomic E-state index is 0.157. The molecule has 1 aromatic rings. The monoisotopic (exact) mass is 237 g/mol. The molecule has 16 heavy (non-hydrogen) atoms. The zero-order chi connectivity index (χ0) is 11.6. The van der Waals surface area contributed by atoms with Crippen LogP contribution in [0.3, 0.4) is 0 Å². The molecule has 1 aliphatic rings. The maximum absolute atomic E-state index is 4.40. The lowest BCUT2D eigenvalue weighted by Crippen LogP contribution is -2.43. The molecule has 0 fully saturated rings. The van der Waals surface area contributed by atoms with Crippen LogP contribution in [-0.2, 0) is 5.41 Å². The van der Waals surface area contributed by atoms with Gasteiger partial charge < -0.3 is 10.6 Å². The van der Waals surface area contributed by atoms with Crippen LogP contribution in [0.2, 0.25) is 0 Å². The molecule has 0 bridgehead atoms. The molecule has 1 aromatic heterocycles. The summed E-state index contributed by atoms with van der Waals surface area (Å²) in [5.41, 5.74) is 0.157. The van der Waals surface area contributed by atoms with Crippen LogP contribution in [0.25, 0.3) is 0 Å². The summed E-state index contributed by atoms with van der Waals surface area (Å²) in [4.78, 5) is 5.81. The van der Waals surface area contributed by atoms with Crippen LogP contribution in [0, 0.1) is 0 Å². The summed E-state index contributed by atoms with van der Waals surface area (Å²) in [6.45, 7) is 8.44. The lowest BCUT2D eigenvalue weighted by atomic mass is 9.91. The molecule has 2 heterocycles. The second-order valence-corrected chi connectivity index (χ2v) is 5.90. The number of thiophene rings is 1. The van der Waals surface area contributed by atoms with Gasteiger partial charge in [-0.2, -0.15) is 0 Å². The first-order chi connectivity index (χ1) is 7.58. The maximum Gasteiger partial charge on any atom is 0.191 e. The number of nitrogens with one attached hydrogen (secondary N) is 2. The van der Waals surface area contributed by atoms with E-state index in [-0.39, 0.29) is 5.41 Å². The smallest absolute Gasteiger partial charge is 0.191 e. The van der Waals surface area contributed by atoms with Gasteiger partial charge in [0.25, 0.3) is 0 Å². The van der Waals surface area contributed by atoms with Gasteiger partial charge in [-0.15, -0.1) is 11.3 Å². The molecule has 1 unspecified atom stereocenters. The zero-order valence-electron chi connectivity index (χ0n) is 10.1. The summed E-state index contributed by atoms with van der Waals surface area (Å²) >= 11 is 1.81. The molecule has 0 aromatic carbocycles. The van der Waals surface area contributed by atoms with E-state index >= 15 is 0 Å². The Morgan fingerprint density at radius 1 is 1.62 bits per heavy atom. The Labute approximate surface area is 101 Å². The van der Waals surface area contributed by atoms with Gasteiger partial charge in [0, 0.05) is 22.9 Å². The summed E-state index contributed by atoms with van der Waals surface area (Å²) in [6, 6.07) is 4.76. The van der Waals surface area contributed by atoms with E-state index in [4.69, 9.17) is 0 Å². The molecule has 0 radical (unpaired) electrons. The van der Waals surface area contributed by atoms with Gasteiger partial charge in [0.05, 0.1) is 6.54 Å². The Balaban J connectivity index is 1.90. The molecule has 1 atom stereocenters. The van der Waals surface area contributed by atoms with Gasteiger partial charge in [-0.3, -0.25) is 4.99 Å². The van der Waals surface area contributed by atoms with Crippen molar-refractivity contribution in [3.8, 4) is 0 Å². The van der Waals surface area contributed by atoms with Crippen LogP contribution in [0.4, 0.5) is 0 Å². The fourth-order valence-electron chi connectivity index (χ4n) is 1.72. The van der Waals surface area contributed by atoms with Crippen LogP contribution in [-0.4, -0.2) is 25.1 Å². The fourth-order valence-corrected chi connectivity index (χ4v) is 2.57. The normalized spacial score (nSPS) is 20.4. The third-order valence-electron chi connectivity index (χ3n) is 2.79. The van der Waals surface area contributed by atoms with Gasteiger partial charge >= 0.3 is 0 Å². The highest BCUT2D eigenvalue weighted by atomic mass is 32.1. The molecule has 0 saturated heterocycles. The summed E-state index contributed by atoms with van der Waals surface area (Å²) in [5.74, 6) is 0.942. The van der Waals surface area contributed by atoms with Crippen molar-refractivity contribution in [1.82, 2.24) is 10.6 Å². The number of hydrogen-bond donors (Lipinski definition) is 2. The number of hydrogen-bond acceptors (Lipinski definition) is 4. The summed E-state index contributed by atoms with van der Waals surface area (Å²) in [5, 5.41) is 8.83. The van der Waals surface area contributed by atoms with E-state index in [1.807, 2.05) is 11.3 Å². The van der Waals surface area contributed by atoms with Crippen LogP contribution in [0.1, 0.15) is 25.6 Å². The Hall–Kier alpha value is -1.03. The highest BCUT2D eigenvalue weighted by Gasteiger charge is 2.23. The van der Waals surface area contributed by atoms with Crippen LogP contribution in [0.5, 0.6) is 0 Å². The minimum Gasteiger partial charge on any atom is -0.355 e. The van der Waals surface area contributed by atoms with E-state index in [0.29, 0.717) is 6.04 Å². The average molecular weight is 237 g/mol. The molecular weight excluding hydrogens is 218 g/mol. The predicted octanol–water partition coefficient (Wildman–Crippen LogP) is 1.96. The Bertz CT molecular complexity index is 368. The van der Waals surface area contributed by atoms with Crippen molar-refractivity contribution < 1.29 is 0 Å². The van der Waals surface area contributed by atoms with E-state index in [9.17, 15) is 0 Å². The molecule has 0 saturated carbocycles. The van der Waals surface area contributed by atoms with Gasteiger partial charge in [0.1, 0.15) is 0 Å². The van der Waals surface area contributed by atoms with E-state index in [1.165, 1.54) is 4.88 Å². The second-order valence-electron chi connectivity index (χ2n) is 4.95. The largest absolute Gasteiger partial charge is 0.355 e. The van der Waals surface area contributed by atoms with E-state index in [2.05, 4.69) is 53.9 Å². The first-order valence-corrected chi connectivity index (χ1v) is 6.55. The lowest BCUT2D eigenvalue weighted by Gasteiger charge is -2.24. The van der Waals surface area contributed by atoms with Gasteiger partial charge in [-0.25, -0.2) is 0 Å². The molecule has 88 valence electrons. The van der Waals surface area contributed by atoms with Crippen LogP contribution < -0.4 is 10.6 Å². The Morgan fingerprint density at radius 2 is 2.44 bits per heavy atom.